The smallest absolute Gasteiger partial charge is 0.220 e. The van der Waals surface area contributed by atoms with E-state index < -0.39 is 7.44 Å². The quantitative estimate of drug-likeness (QED) is 0.536. The molecule has 2 atom stereocenters. The Labute approximate surface area is 92.6 Å². The molecule has 2 rings (SSSR count). The van der Waals surface area contributed by atoms with Crippen LogP contribution in [0.5, 0.6) is 0 Å². The summed E-state index contributed by atoms with van der Waals surface area (Å²) in [5.41, 5.74) is 0. The molecule has 0 radical (unpaired) electrons. The highest BCUT2D eigenvalue weighted by Gasteiger charge is 2.50. The molecular weight excluding hydrogens is 207 g/mol. The van der Waals surface area contributed by atoms with Crippen molar-refractivity contribution in [2.75, 3.05) is 20.3 Å². The molecule has 0 N–H and O–H groups in total. The molecule has 1 saturated heterocycles. The van der Waals surface area contributed by atoms with Crippen molar-refractivity contribution in [2.45, 2.75) is 37.8 Å². The summed E-state index contributed by atoms with van der Waals surface area (Å²) >= 11 is 0. The highest BCUT2D eigenvalue weighted by Crippen LogP contribution is 2.61. The van der Waals surface area contributed by atoms with Gasteiger partial charge in [0, 0.05) is 18.2 Å². The van der Waals surface area contributed by atoms with Crippen LogP contribution in [0.2, 0.25) is 0 Å². The first-order chi connectivity index (χ1) is 7.11. The molecule has 0 bridgehead atoms. The summed E-state index contributed by atoms with van der Waals surface area (Å²) < 4.78 is 17.1. The van der Waals surface area contributed by atoms with Gasteiger partial charge >= 0.3 is 0 Å². The number of nitrogens with zero attached hydrogens (tertiary/aromatic N) is 2. The maximum Gasteiger partial charge on any atom is 0.220 e. The number of rotatable bonds is 2. The number of hydrogen-bond donors (Lipinski definition) is 0. The lowest BCUT2D eigenvalue weighted by Crippen LogP contribution is -2.37. The molecule has 0 amide bonds. The van der Waals surface area contributed by atoms with E-state index in [0.717, 1.165) is 0 Å². The molecule has 2 aliphatic rings. The molecule has 1 saturated carbocycles. The summed E-state index contributed by atoms with van der Waals surface area (Å²) in [5.74, 6) is 0. The van der Waals surface area contributed by atoms with Gasteiger partial charge < -0.3 is 0 Å². The van der Waals surface area contributed by atoms with Gasteiger partial charge in [-0.2, -0.15) is 0 Å². The second kappa shape index (κ2) is 4.04. The van der Waals surface area contributed by atoms with Gasteiger partial charge in [-0.05, 0) is 26.9 Å². The summed E-state index contributed by atoms with van der Waals surface area (Å²) in [6, 6.07) is 1.02. The molecule has 2 fully saturated rings. The van der Waals surface area contributed by atoms with Crippen molar-refractivity contribution in [1.29, 1.82) is 0 Å². The van der Waals surface area contributed by atoms with Gasteiger partial charge in [-0.25, -0.2) is 9.34 Å². The Bertz CT molecular complexity index is 283. The largest absolute Gasteiger partial charge is 0.288 e. The van der Waals surface area contributed by atoms with Crippen LogP contribution in [0.3, 0.4) is 0 Å². The third-order valence-corrected chi connectivity index (χ3v) is 7.31. The molecule has 15 heavy (non-hydrogen) atoms. The van der Waals surface area contributed by atoms with Crippen LogP contribution in [0, 0.1) is 0 Å². The average Bonchev–Trinajstić information content (AvgIpc) is 2.43. The Kier molecular flexibility index (Phi) is 3.07. The summed E-state index contributed by atoms with van der Waals surface area (Å²) in [6.07, 6.45) is 7.39. The molecule has 0 aromatic carbocycles. The topological polar surface area (TPSA) is 23.6 Å². The van der Waals surface area contributed by atoms with E-state index in [0.29, 0.717) is 18.2 Å². The summed E-state index contributed by atoms with van der Waals surface area (Å²) in [6.45, 7) is 3.73. The van der Waals surface area contributed by atoms with Crippen LogP contribution in [0.1, 0.15) is 25.7 Å². The fourth-order valence-electron chi connectivity index (χ4n) is 3.08. The van der Waals surface area contributed by atoms with E-state index >= 15 is 0 Å². The zero-order valence-electron chi connectivity index (χ0n) is 9.72. The monoisotopic (exact) mass is 228 g/mol. The Morgan fingerprint density at radius 1 is 1.27 bits per heavy atom. The van der Waals surface area contributed by atoms with Crippen molar-refractivity contribution < 1.29 is 4.57 Å². The lowest BCUT2D eigenvalue weighted by atomic mass is 9.91. The summed E-state index contributed by atoms with van der Waals surface area (Å²) in [4.78, 5) is 0. The highest BCUT2D eigenvalue weighted by atomic mass is 31.2. The Balaban J connectivity index is 2.27. The van der Waals surface area contributed by atoms with Gasteiger partial charge in [-0.15, -0.1) is 6.58 Å². The van der Waals surface area contributed by atoms with Crippen LogP contribution in [0.4, 0.5) is 0 Å². The lowest BCUT2D eigenvalue weighted by molar-refractivity contribution is 0.233. The predicted octanol–water partition coefficient (Wildman–Crippen LogP) is 2.55. The molecule has 1 aliphatic heterocycles. The molecule has 1 aliphatic carbocycles. The van der Waals surface area contributed by atoms with E-state index in [-0.39, 0.29) is 0 Å². The zero-order valence-corrected chi connectivity index (χ0v) is 10.6. The predicted molar refractivity (Wildman–Crippen MR) is 64.2 cm³/mol. The SMILES string of the molecule is C=CCP1(=O)N(C)[C@@H]2CCCC[C@H]2N1C. The van der Waals surface area contributed by atoms with E-state index in [1.54, 1.807) is 6.08 Å². The van der Waals surface area contributed by atoms with Crippen LogP contribution in [-0.4, -0.2) is 41.7 Å². The lowest BCUT2D eigenvalue weighted by Gasteiger charge is -2.28. The highest BCUT2D eigenvalue weighted by molar-refractivity contribution is 7.59. The van der Waals surface area contributed by atoms with E-state index in [1.165, 1.54) is 25.7 Å². The molecule has 0 spiro atoms. The second-order valence-corrected chi connectivity index (χ2v) is 7.66. The zero-order chi connectivity index (χ0) is 11.1. The molecule has 0 aromatic rings. The maximum atomic E-state index is 12.8. The first-order valence-electron chi connectivity index (χ1n) is 5.78. The van der Waals surface area contributed by atoms with Crippen molar-refractivity contribution in [1.82, 2.24) is 9.34 Å². The summed E-state index contributed by atoms with van der Waals surface area (Å²) in [5, 5.41) is 0. The van der Waals surface area contributed by atoms with Crippen molar-refractivity contribution in [3.8, 4) is 0 Å². The Morgan fingerprint density at radius 2 is 1.73 bits per heavy atom. The van der Waals surface area contributed by atoms with Gasteiger partial charge in [-0.1, -0.05) is 18.9 Å². The molecule has 1 heterocycles. The van der Waals surface area contributed by atoms with Gasteiger partial charge in [-0.3, -0.25) is 4.57 Å². The molecule has 0 unspecified atom stereocenters. The third kappa shape index (κ3) is 1.61. The van der Waals surface area contributed by atoms with Crippen molar-refractivity contribution >= 4 is 7.44 Å². The summed E-state index contributed by atoms with van der Waals surface area (Å²) in [7, 11) is 1.74. The number of hydrogen-bond acceptors (Lipinski definition) is 1. The fraction of sp³-hybridized carbons (Fsp3) is 0.818. The van der Waals surface area contributed by atoms with Gasteiger partial charge in [0.05, 0.1) is 0 Å². The molecule has 3 nitrogen and oxygen atoms in total. The Hall–Kier alpha value is -0.110. The number of likely N-dealkylation sites (N-methyl/N-ethyl adjacent to an activating group) is 2. The Morgan fingerprint density at radius 3 is 2.13 bits per heavy atom. The van der Waals surface area contributed by atoms with Gasteiger partial charge in [0.1, 0.15) is 0 Å². The average molecular weight is 228 g/mol. The van der Waals surface area contributed by atoms with Crippen LogP contribution < -0.4 is 0 Å². The van der Waals surface area contributed by atoms with Gasteiger partial charge in [0.15, 0.2) is 0 Å². The number of allylic oxidation sites excluding steroid dienone is 1. The van der Waals surface area contributed by atoms with Crippen LogP contribution in [-0.2, 0) is 4.57 Å². The fourth-order valence-corrected chi connectivity index (χ4v) is 5.84. The minimum atomic E-state index is -2.31. The number of fused-ring (bicyclic) bond motifs is 1. The minimum Gasteiger partial charge on any atom is -0.288 e. The van der Waals surface area contributed by atoms with Gasteiger partial charge in [0.2, 0.25) is 7.44 Å². The van der Waals surface area contributed by atoms with E-state index in [1.807, 2.05) is 14.1 Å². The van der Waals surface area contributed by atoms with E-state index in [9.17, 15) is 4.57 Å². The normalized spacial score (nSPS) is 36.4. The maximum absolute atomic E-state index is 12.8. The van der Waals surface area contributed by atoms with Crippen molar-refractivity contribution in [3.05, 3.63) is 12.7 Å². The first-order valence-corrected chi connectivity index (χ1v) is 7.57. The third-order valence-electron chi connectivity index (χ3n) is 4.01. The van der Waals surface area contributed by atoms with Crippen molar-refractivity contribution in [2.24, 2.45) is 0 Å². The molecular formula is C11H21N2OP. The van der Waals surface area contributed by atoms with Gasteiger partial charge in [0.25, 0.3) is 0 Å². The second-order valence-electron chi connectivity index (χ2n) is 4.70. The van der Waals surface area contributed by atoms with Crippen LogP contribution in [0.25, 0.3) is 0 Å². The van der Waals surface area contributed by atoms with Crippen molar-refractivity contribution in [3.63, 3.8) is 0 Å². The molecule has 4 heteroatoms. The molecule has 0 aromatic heterocycles. The minimum absolute atomic E-state index is 0.509. The molecule has 86 valence electrons. The standard InChI is InChI=1S/C11H21N2OP/c1-4-9-15(14)12(2)10-7-5-6-8-11(10)13(15)3/h4,10-11H,1,5-9H2,2-3H3/t10-,11-/m1/s1. The van der Waals surface area contributed by atoms with E-state index in [2.05, 4.69) is 15.9 Å². The van der Waals surface area contributed by atoms with E-state index in [4.69, 9.17) is 0 Å². The first kappa shape index (κ1) is 11.4. The van der Waals surface area contributed by atoms with Crippen LogP contribution in [0.15, 0.2) is 12.7 Å². The van der Waals surface area contributed by atoms with Crippen LogP contribution >= 0.6 is 7.44 Å².